The molecule has 1 aliphatic heterocycles. The van der Waals surface area contributed by atoms with Crippen LogP contribution in [0.1, 0.15) is 19.3 Å². The van der Waals surface area contributed by atoms with Gasteiger partial charge < -0.3 is 25.0 Å². The highest BCUT2D eigenvalue weighted by molar-refractivity contribution is 14.0. The van der Waals surface area contributed by atoms with Gasteiger partial charge in [-0.25, -0.2) is 0 Å². The summed E-state index contributed by atoms with van der Waals surface area (Å²) in [6.07, 6.45) is 4.06. The van der Waals surface area contributed by atoms with Crippen molar-refractivity contribution in [1.29, 1.82) is 0 Å². The topological polar surface area (TPSA) is 58.1 Å². The van der Waals surface area contributed by atoms with Crippen LogP contribution < -0.4 is 10.6 Å². The van der Waals surface area contributed by atoms with Crippen LogP contribution in [0.5, 0.6) is 0 Å². The van der Waals surface area contributed by atoms with Crippen molar-refractivity contribution in [2.24, 2.45) is 4.99 Å². The van der Waals surface area contributed by atoms with E-state index < -0.39 is 0 Å². The van der Waals surface area contributed by atoms with Gasteiger partial charge in [0.1, 0.15) is 0 Å². The predicted octanol–water partition coefficient (Wildman–Crippen LogP) is 0.918. The summed E-state index contributed by atoms with van der Waals surface area (Å²) in [7, 11) is 3.47. The predicted molar refractivity (Wildman–Crippen MR) is 97.8 cm³/mol. The number of rotatable bonds is 9. The molecule has 1 heterocycles. The fourth-order valence-electron chi connectivity index (χ4n) is 2.22. The zero-order valence-corrected chi connectivity index (χ0v) is 15.7. The van der Waals surface area contributed by atoms with Crippen molar-refractivity contribution < 1.29 is 9.47 Å². The molecule has 6 nitrogen and oxygen atoms in total. The number of aliphatic imine (C=N–C) groups is 1. The van der Waals surface area contributed by atoms with Gasteiger partial charge in [-0.15, -0.1) is 24.0 Å². The minimum Gasteiger partial charge on any atom is -0.382 e. The van der Waals surface area contributed by atoms with E-state index in [1.165, 1.54) is 32.4 Å². The molecule has 1 rings (SSSR count). The zero-order valence-electron chi connectivity index (χ0n) is 13.4. The number of nitrogens with zero attached hydrogens (tertiary/aromatic N) is 2. The van der Waals surface area contributed by atoms with E-state index in [9.17, 15) is 0 Å². The van der Waals surface area contributed by atoms with Crippen LogP contribution in [-0.2, 0) is 9.47 Å². The number of hydrogen-bond acceptors (Lipinski definition) is 4. The Kier molecular flexibility index (Phi) is 14.7. The lowest BCUT2D eigenvalue weighted by molar-refractivity contribution is 0.0733. The van der Waals surface area contributed by atoms with Crippen molar-refractivity contribution in [3.63, 3.8) is 0 Å². The normalized spacial score (nSPS) is 16.4. The average molecular weight is 414 g/mol. The molecule has 1 saturated heterocycles. The summed E-state index contributed by atoms with van der Waals surface area (Å²) < 4.78 is 10.3. The number of nitrogens with one attached hydrogen (secondary N) is 2. The summed E-state index contributed by atoms with van der Waals surface area (Å²) in [4.78, 5) is 6.71. The summed E-state index contributed by atoms with van der Waals surface area (Å²) in [6.45, 7) is 7.20. The fourth-order valence-corrected chi connectivity index (χ4v) is 2.22. The van der Waals surface area contributed by atoms with Crippen LogP contribution in [0.4, 0.5) is 0 Å². The molecular formula is C14H31IN4O2. The highest BCUT2D eigenvalue weighted by Crippen LogP contribution is 2.07. The first-order chi connectivity index (χ1) is 9.86. The van der Waals surface area contributed by atoms with Crippen molar-refractivity contribution in [1.82, 2.24) is 15.5 Å². The number of piperidine rings is 1. The van der Waals surface area contributed by atoms with E-state index in [1.807, 2.05) is 0 Å². The fraction of sp³-hybridized carbons (Fsp3) is 0.929. The Balaban J connectivity index is 0.00000400. The molecule has 0 aromatic heterocycles. The summed E-state index contributed by atoms with van der Waals surface area (Å²) in [5.74, 6) is 0.845. The molecule has 126 valence electrons. The summed E-state index contributed by atoms with van der Waals surface area (Å²) in [5, 5.41) is 6.57. The Morgan fingerprint density at radius 1 is 1.05 bits per heavy atom. The first-order valence-electron chi connectivity index (χ1n) is 7.60. The Morgan fingerprint density at radius 2 is 1.76 bits per heavy atom. The molecule has 0 aliphatic carbocycles. The highest BCUT2D eigenvalue weighted by Gasteiger charge is 2.09. The number of ether oxygens (including phenoxy) is 2. The van der Waals surface area contributed by atoms with Crippen LogP contribution in [0, 0.1) is 0 Å². The van der Waals surface area contributed by atoms with Gasteiger partial charge in [0.25, 0.3) is 0 Å². The largest absolute Gasteiger partial charge is 0.382 e. The lowest BCUT2D eigenvalue weighted by Crippen LogP contribution is -2.43. The van der Waals surface area contributed by atoms with Gasteiger partial charge in [-0.3, -0.25) is 4.99 Å². The zero-order chi connectivity index (χ0) is 14.5. The van der Waals surface area contributed by atoms with E-state index in [-0.39, 0.29) is 24.0 Å². The standard InChI is InChI=1S/C14H30N4O2.HI/c1-15-14(17-7-11-20-13-12-19-2)16-6-10-18-8-4-3-5-9-18;/h3-13H2,1-2H3,(H2,15,16,17);1H. The van der Waals surface area contributed by atoms with Crippen LogP contribution in [-0.4, -0.2) is 77.6 Å². The molecule has 21 heavy (non-hydrogen) atoms. The molecule has 0 bridgehead atoms. The third kappa shape index (κ3) is 11.1. The quantitative estimate of drug-likeness (QED) is 0.254. The van der Waals surface area contributed by atoms with E-state index in [0.717, 1.165) is 25.6 Å². The number of halogens is 1. The lowest BCUT2D eigenvalue weighted by atomic mass is 10.1. The van der Waals surface area contributed by atoms with E-state index in [4.69, 9.17) is 9.47 Å². The van der Waals surface area contributed by atoms with Crippen LogP contribution >= 0.6 is 24.0 Å². The second-order valence-electron chi connectivity index (χ2n) is 4.93. The van der Waals surface area contributed by atoms with Gasteiger partial charge in [0.05, 0.1) is 19.8 Å². The van der Waals surface area contributed by atoms with Gasteiger partial charge in [-0.05, 0) is 25.9 Å². The van der Waals surface area contributed by atoms with Gasteiger partial charge in [0, 0.05) is 33.8 Å². The monoisotopic (exact) mass is 414 g/mol. The van der Waals surface area contributed by atoms with Crippen molar-refractivity contribution in [3.05, 3.63) is 0 Å². The minimum atomic E-state index is 0. The number of methoxy groups -OCH3 is 1. The van der Waals surface area contributed by atoms with Crippen LogP contribution in [0.25, 0.3) is 0 Å². The molecule has 0 atom stereocenters. The Labute approximate surface area is 146 Å². The van der Waals surface area contributed by atoms with Crippen molar-refractivity contribution >= 4 is 29.9 Å². The summed E-state index contributed by atoms with van der Waals surface area (Å²) in [5.41, 5.74) is 0. The molecule has 0 radical (unpaired) electrons. The van der Waals surface area contributed by atoms with Crippen LogP contribution in [0.2, 0.25) is 0 Å². The number of likely N-dealkylation sites (tertiary alicyclic amines) is 1. The van der Waals surface area contributed by atoms with Crippen molar-refractivity contribution in [2.75, 3.05) is 66.7 Å². The van der Waals surface area contributed by atoms with Crippen LogP contribution in [0.15, 0.2) is 4.99 Å². The second kappa shape index (κ2) is 14.8. The van der Waals surface area contributed by atoms with Gasteiger partial charge in [0.15, 0.2) is 5.96 Å². The van der Waals surface area contributed by atoms with Gasteiger partial charge >= 0.3 is 0 Å². The molecule has 7 heteroatoms. The van der Waals surface area contributed by atoms with E-state index in [1.54, 1.807) is 14.2 Å². The van der Waals surface area contributed by atoms with Crippen LogP contribution in [0.3, 0.4) is 0 Å². The molecule has 0 unspecified atom stereocenters. The van der Waals surface area contributed by atoms with E-state index in [2.05, 4.69) is 20.5 Å². The van der Waals surface area contributed by atoms with Crippen molar-refractivity contribution in [3.8, 4) is 0 Å². The Bertz CT molecular complexity index is 261. The molecule has 0 amide bonds. The maximum absolute atomic E-state index is 5.39. The van der Waals surface area contributed by atoms with E-state index in [0.29, 0.717) is 19.8 Å². The third-order valence-corrected chi connectivity index (χ3v) is 3.36. The average Bonchev–Trinajstić information content (AvgIpc) is 2.50. The molecule has 2 N–H and O–H groups in total. The molecule has 0 saturated carbocycles. The van der Waals surface area contributed by atoms with Gasteiger partial charge in [-0.1, -0.05) is 6.42 Å². The molecular weight excluding hydrogens is 383 g/mol. The molecule has 0 aromatic rings. The van der Waals surface area contributed by atoms with Crippen molar-refractivity contribution in [2.45, 2.75) is 19.3 Å². The highest BCUT2D eigenvalue weighted by atomic mass is 127. The molecule has 0 spiro atoms. The lowest BCUT2D eigenvalue weighted by Gasteiger charge is -2.26. The number of hydrogen-bond donors (Lipinski definition) is 2. The van der Waals surface area contributed by atoms with Gasteiger partial charge in [-0.2, -0.15) is 0 Å². The molecule has 0 aromatic carbocycles. The summed E-state index contributed by atoms with van der Waals surface area (Å²) >= 11 is 0. The maximum Gasteiger partial charge on any atom is 0.191 e. The Morgan fingerprint density at radius 3 is 2.43 bits per heavy atom. The smallest absolute Gasteiger partial charge is 0.191 e. The Hall–Kier alpha value is -0.120. The minimum absolute atomic E-state index is 0. The number of guanidine groups is 1. The first kappa shape index (κ1) is 20.9. The SMILES string of the molecule is CN=C(NCCOCCOC)NCCN1CCCCC1.I. The molecule has 1 aliphatic rings. The molecule has 1 fully saturated rings. The van der Waals surface area contributed by atoms with Gasteiger partial charge in [0.2, 0.25) is 0 Å². The summed E-state index contributed by atoms with van der Waals surface area (Å²) in [6, 6.07) is 0. The maximum atomic E-state index is 5.39. The van der Waals surface area contributed by atoms with E-state index >= 15 is 0 Å². The second-order valence-corrected chi connectivity index (χ2v) is 4.93. The third-order valence-electron chi connectivity index (χ3n) is 3.36. The first-order valence-corrected chi connectivity index (χ1v) is 7.60.